The lowest BCUT2D eigenvalue weighted by atomic mass is 10.1. The first-order valence-corrected chi connectivity index (χ1v) is 7.66. The fourth-order valence-corrected chi connectivity index (χ4v) is 2.39. The van der Waals surface area contributed by atoms with Gasteiger partial charge in [-0.15, -0.1) is 0 Å². The van der Waals surface area contributed by atoms with Crippen LogP contribution in [0.25, 0.3) is 11.3 Å². The monoisotopic (exact) mass is 271 g/mol. The highest BCUT2D eigenvalue weighted by Crippen LogP contribution is 2.19. The lowest BCUT2D eigenvalue weighted by molar-refractivity contribution is 0.673. The average molecular weight is 271 g/mol. The predicted octanol–water partition coefficient (Wildman–Crippen LogP) is 3.70. The highest BCUT2D eigenvalue weighted by molar-refractivity contribution is 5.58. The fourth-order valence-electron chi connectivity index (χ4n) is 2.39. The minimum absolute atomic E-state index is 0.785. The number of aromatic nitrogens is 2. The van der Waals surface area contributed by atoms with E-state index >= 15 is 0 Å². The molecular formula is C17H25N3. The van der Waals surface area contributed by atoms with E-state index in [4.69, 9.17) is 5.73 Å². The van der Waals surface area contributed by atoms with Gasteiger partial charge in [0, 0.05) is 6.42 Å². The maximum atomic E-state index is 5.50. The molecule has 2 rings (SSSR count). The number of imidazole rings is 1. The van der Waals surface area contributed by atoms with E-state index in [1.54, 1.807) is 0 Å². The summed E-state index contributed by atoms with van der Waals surface area (Å²) in [5, 5.41) is 0. The van der Waals surface area contributed by atoms with E-state index < -0.39 is 0 Å². The molecule has 3 nitrogen and oxygen atoms in total. The van der Waals surface area contributed by atoms with Crippen molar-refractivity contribution in [2.24, 2.45) is 5.73 Å². The Morgan fingerprint density at radius 1 is 1.05 bits per heavy atom. The van der Waals surface area contributed by atoms with Gasteiger partial charge in [-0.3, -0.25) is 0 Å². The predicted molar refractivity (Wildman–Crippen MR) is 84.6 cm³/mol. The summed E-state index contributed by atoms with van der Waals surface area (Å²) < 4.78 is 0. The van der Waals surface area contributed by atoms with Crippen LogP contribution in [0.4, 0.5) is 0 Å². The van der Waals surface area contributed by atoms with E-state index in [0.29, 0.717) is 0 Å². The summed E-state index contributed by atoms with van der Waals surface area (Å²) in [5.41, 5.74) is 9.23. The van der Waals surface area contributed by atoms with Crippen molar-refractivity contribution in [2.75, 3.05) is 6.54 Å². The molecule has 2 aromatic rings. The van der Waals surface area contributed by atoms with Crippen LogP contribution in [0.5, 0.6) is 0 Å². The van der Waals surface area contributed by atoms with Crippen LogP contribution in [0.15, 0.2) is 30.5 Å². The fraction of sp³-hybridized carbons (Fsp3) is 0.471. The van der Waals surface area contributed by atoms with Crippen LogP contribution in [0.1, 0.15) is 44.0 Å². The number of hydrogen-bond donors (Lipinski definition) is 2. The first-order chi connectivity index (χ1) is 9.83. The van der Waals surface area contributed by atoms with Crippen molar-refractivity contribution in [3.05, 3.63) is 41.9 Å². The van der Waals surface area contributed by atoms with Gasteiger partial charge in [-0.05, 0) is 36.9 Å². The number of rotatable bonds is 8. The number of hydrogen-bond acceptors (Lipinski definition) is 2. The summed E-state index contributed by atoms with van der Waals surface area (Å²) in [4.78, 5) is 7.88. The zero-order valence-corrected chi connectivity index (χ0v) is 12.4. The molecule has 0 aliphatic heterocycles. The first kappa shape index (κ1) is 14.8. The Balaban J connectivity index is 1.93. The SMILES string of the molecule is CCCc1ccc(-c2cnc(CCCCCN)[nH]2)cc1. The number of benzene rings is 1. The molecule has 108 valence electrons. The van der Waals surface area contributed by atoms with Crippen molar-refractivity contribution in [2.45, 2.75) is 45.4 Å². The molecule has 20 heavy (non-hydrogen) atoms. The van der Waals surface area contributed by atoms with Gasteiger partial charge in [0.05, 0.1) is 11.9 Å². The van der Waals surface area contributed by atoms with Gasteiger partial charge in [0.2, 0.25) is 0 Å². The summed E-state index contributed by atoms with van der Waals surface area (Å²) in [6, 6.07) is 8.77. The van der Waals surface area contributed by atoms with Gasteiger partial charge in [-0.1, -0.05) is 44.0 Å². The zero-order chi connectivity index (χ0) is 14.2. The van der Waals surface area contributed by atoms with E-state index in [-0.39, 0.29) is 0 Å². The molecule has 0 unspecified atom stereocenters. The second-order valence-corrected chi connectivity index (χ2v) is 5.29. The normalized spacial score (nSPS) is 10.9. The van der Waals surface area contributed by atoms with E-state index in [0.717, 1.165) is 43.7 Å². The number of aromatic amines is 1. The van der Waals surface area contributed by atoms with Crippen LogP contribution in [0, 0.1) is 0 Å². The topological polar surface area (TPSA) is 54.7 Å². The van der Waals surface area contributed by atoms with E-state index in [9.17, 15) is 0 Å². The van der Waals surface area contributed by atoms with Crippen molar-refractivity contribution in [1.82, 2.24) is 9.97 Å². The third-order valence-electron chi connectivity index (χ3n) is 3.55. The smallest absolute Gasteiger partial charge is 0.106 e. The van der Waals surface area contributed by atoms with E-state index in [1.165, 1.54) is 24.0 Å². The maximum Gasteiger partial charge on any atom is 0.106 e. The molecule has 0 aliphatic carbocycles. The van der Waals surface area contributed by atoms with Crippen LogP contribution in [-0.4, -0.2) is 16.5 Å². The van der Waals surface area contributed by atoms with Crippen LogP contribution in [-0.2, 0) is 12.8 Å². The third kappa shape index (κ3) is 4.20. The maximum absolute atomic E-state index is 5.50. The average Bonchev–Trinajstić information content (AvgIpc) is 2.94. The van der Waals surface area contributed by atoms with Gasteiger partial charge in [0.1, 0.15) is 5.82 Å². The number of H-pyrrole nitrogens is 1. The molecular weight excluding hydrogens is 246 g/mol. The highest BCUT2D eigenvalue weighted by atomic mass is 14.9. The Labute approximate surface area is 121 Å². The lowest BCUT2D eigenvalue weighted by Gasteiger charge is -2.01. The summed E-state index contributed by atoms with van der Waals surface area (Å²) in [7, 11) is 0. The molecule has 3 N–H and O–H groups in total. The molecule has 0 saturated heterocycles. The molecule has 1 heterocycles. The van der Waals surface area contributed by atoms with Gasteiger partial charge in [-0.25, -0.2) is 4.98 Å². The van der Waals surface area contributed by atoms with Crippen molar-refractivity contribution >= 4 is 0 Å². The summed E-state index contributed by atoms with van der Waals surface area (Å²) in [6.45, 7) is 2.99. The molecule has 1 aromatic carbocycles. The van der Waals surface area contributed by atoms with Gasteiger partial charge < -0.3 is 10.7 Å². The van der Waals surface area contributed by atoms with E-state index in [2.05, 4.69) is 41.2 Å². The standard InChI is InChI=1S/C17H25N3/c1-2-6-14-8-10-15(11-9-14)16-13-19-17(20-16)7-4-3-5-12-18/h8-11,13H,2-7,12,18H2,1H3,(H,19,20). The summed E-state index contributed by atoms with van der Waals surface area (Å²) in [5.74, 6) is 1.08. The number of nitrogens with one attached hydrogen (secondary N) is 1. The number of aryl methyl sites for hydroxylation is 2. The summed E-state index contributed by atoms with van der Waals surface area (Å²) in [6.07, 6.45) is 8.72. The van der Waals surface area contributed by atoms with Crippen molar-refractivity contribution in [3.8, 4) is 11.3 Å². The van der Waals surface area contributed by atoms with Crippen molar-refractivity contribution in [3.63, 3.8) is 0 Å². The van der Waals surface area contributed by atoms with Gasteiger partial charge in [-0.2, -0.15) is 0 Å². The Hall–Kier alpha value is -1.61. The molecule has 0 fully saturated rings. The molecule has 0 radical (unpaired) electrons. The molecule has 0 amide bonds. The molecule has 0 atom stereocenters. The van der Waals surface area contributed by atoms with Crippen LogP contribution >= 0.6 is 0 Å². The molecule has 0 bridgehead atoms. The molecule has 3 heteroatoms. The van der Waals surface area contributed by atoms with Crippen LogP contribution in [0.3, 0.4) is 0 Å². The van der Waals surface area contributed by atoms with Crippen molar-refractivity contribution in [1.29, 1.82) is 0 Å². The molecule has 0 saturated carbocycles. The molecule has 0 aliphatic rings. The second-order valence-electron chi connectivity index (χ2n) is 5.29. The van der Waals surface area contributed by atoms with Gasteiger partial charge in [0.15, 0.2) is 0 Å². The van der Waals surface area contributed by atoms with Crippen LogP contribution < -0.4 is 5.73 Å². The Morgan fingerprint density at radius 2 is 1.85 bits per heavy atom. The Morgan fingerprint density at radius 3 is 2.55 bits per heavy atom. The number of nitrogens with two attached hydrogens (primary N) is 1. The molecule has 0 spiro atoms. The first-order valence-electron chi connectivity index (χ1n) is 7.66. The third-order valence-corrected chi connectivity index (χ3v) is 3.55. The van der Waals surface area contributed by atoms with Crippen LogP contribution in [0.2, 0.25) is 0 Å². The van der Waals surface area contributed by atoms with E-state index in [1.807, 2.05) is 6.20 Å². The summed E-state index contributed by atoms with van der Waals surface area (Å²) >= 11 is 0. The number of nitrogens with zero attached hydrogens (tertiary/aromatic N) is 1. The lowest BCUT2D eigenvalue weighted by Crippen LogP contribution is -1.98. The molecule has 1 aromatic heterocycles. The van der Waals surface area contributed by atoms with Gasteiger partial charge in [0.25, 0.3) is 0 Å². The van der Waals surface area contributed by atoms with Crippen molar-refractivity contribution < 1.29 is 0 Å². The minimum Gasteiger partial charge on any atom is -0.342 e. The Kier molecular flexibility index (Phi) is 5.81. The minimum atomic E-state index is 0.785. The van der Waals surface area contributed by atoms with Gasteiger partial charge >= 0.3 is 0 Å². The largest absolute Gasteiger partial charge is 0.342 e. The zero-order valence-electron chi connectivity index (χ0n) is 12.4. The Bertz CT molecular complexity index is 499. The quantitative estimate of drug-likeness (QED) is 0.719. The highest BCUT2D eigenvalue weighted by Gasteiger charge is 2.03. The second kappa shape index (κ2) is 7.85. The number of unbranched alkanes of at least 4 members (excludes halogenated alkanes) is 2.